The summed E-state index contributed by atoms with van der Waals surface area (Å²) in [4.78, 5) is 30.2. The molecule has 0 aromatic heterocycles. The van der Waals surface area contributed by atoms with E-state index in [0.29, 0.717) is 5.75 Å². The van der Waals surface area contributed by atoms with Crippen molar-refractivity contribution in [3.63, 3.8) is 0 Å². The van der Waals surface area contributed by atoms with E-state index in [2.05, 4.69) is 5.32 Å². The van der Waals surface area contributed by atoms with Crippen LogP contribution in [0.15, 0.2) is 120 Å². The van der Waals surface area contributed by atoms with Crippen molar-refractivity contribution < 1.29 is 22.7 Å². The number of hydrogen-bond donors (Lipinski definition) is 1. The number of sulfonamides is 1. The van der Waals surface area contributed by atoms with Crippen molar-refractivity contribution in [1.82, 2.24) is 10.2 Å². The minimum atomic E-state index is -4.17. The molecule has 1 N–H and O–H groups in total. The number of amides is 2. The summed E-state index contributed by atoms with van der Waals surface area (Å²) in [5.41, 5.74) is 2.01. The molecule has 4 aromatic rings. The Bertz CT molecular complexity index is 1660. The second-order valence-electron chi connectivity index (χ2n) is 11.2. The Morgan fingerprint density at radius 3 is 2.04 bits per heavy atom. The van der Waals surface area contributed by atoms with Crippen LogP contribution >= 0.6 is 0 Å². The molecule has 45 heavy (non-hydrogen) atoms. The molecule has 9 heteroatoms. The van der Waals surface area contributed by atoms with Gasteiger partial charge in [-0.15, -0.1) is 0 Å². The number of rotatable bonds is 13. The number of nitrogens with zero attached hydrogens (tertiary/aromatic N) is 2. The molecule has 1 atom stereocenters. The van der Waals surface area contributed by atoms with E-state index in [-0.39, 0.29) is 35.5 Å². The third kappa shape index (κ3) is 8.10. The number of ether oxygens (including phenoxy) is 1. The molecule has 1 aliphatic rings. The number of carbonyl (C=O) groups is 2. The van der Waals surface area contributed by atoms with Crippen molar-refractivity contribution in [2.45, 2.75) is 55.6 Å². The first-order valence-electron chi connectivity index (χ1n) is 15.2. The van der Waals surface area contributed by atoms with Crippen molar-refractivity contribution in [3.8, 4) is 5.75 Å². The third-order valence-corrected chi connectivity index (χ3v) is 9.91. The Morgan fingerprint density at radius 2 is 1.42 bits per heavy atom. The zero-order valence-corrected chi connectivity index (χ0v) is 26.2. The Labute approximate surface area is 265 Å². The van der Waals surface area contributed by atoms with E-state index >= 15 is 0 Å². The molecule has 8 nitrogen and oxygen atoms in total. The molecule has 0 radical (unpaired) electrons. The number of methoxy groups -OCH3 is 1. The molecule has 4 aromatic carbocycles. The van der Waals surface area contributed by atoms with E-state index in [9.17, 15) is 18.0 Å². The number of nitrogens with one attached hydrogen (secondary N) is 1. The van der Waals surface area contributed by atoms with Crippen LogP contribution in [0.25, 0.3) is 0 Å². The lowest BCUT2D eigenvalue weighted by Gasteiger charge is -2.34. The van der Waals surface area contributed by atoms with Crippen LogP contribution in [0.5, 0.6) is 5.75 Å². The molecule has 1 saturated carbocycles. The summed E-state index contributed by atoms with van der Waals surface area (Å²) in [5, 5.41) is 3.20. The highest BCUT2D eigenvalue weighted by molar-refractivity contribution is 7.92. The molecule has 2 amide bonds. The minimum Gasteiger partial charge on any atom is -0.497 e. The zero-order valence-electron chi connectivity index (χ0n) is 25.4. The van der Waals surface area contributed by atoms with E-state index in [1.807, 2.05) is 60.7 Å². The molecule has 0 spiro atoms. The van der Waals surface area contributed by atoms with Crippen LogP contribution in [0.1, 0.15) is 36.8 Å². The van der Waals surface area contributed by atoms with Crippen LogP contribution in [0.2, 0.25) is 0 Å². The molecule has 0 heterocycles. The SMILES string of the molecule is COc1cccc(N(CC(=O)N(Cc2ccccc2)[C@H](Cc2ccccc2)C(=O)NC2CCCC2)S(=O)(=O)c2ccccc2)c1. The topological polar surface area (TPSA) is 96.0 Å². The average molecular weight is 626 g/mol. The maximum Gasteiger partial charge on any atom is 0.264 e. The summed E-state index contributed by atoms with van der Waals surface area (Å²) in [6.07, 6.45) is 4.18. The minimum absolute atomic E-state index is 0.0510. The van der Waals surface area contributed by atoms with Crippen LogP contribution in [0.4, 0.5) is 5.69 Å². The van der Waals surface area contributed by atoms with E-state index in [1.54, 1.807) is 42.5 Å². The molecule has 5 rings (SSSR count). The molecule has 1 aliphatic carbocycles. The summed E-state index contributed by atoms with van der Waals surface area (Å²) in [7, 11) is -2.68. The quantitative estimate of drug-likeness (QED) is 0.209. The molecule has 1 fully saturated rings. The number of anilines is 1. The number of benzene rings is 4. The molecular formula is C36H39N3O5S. The van der Waals surface area contributed by atoms with Gasteiger partial charge in [0.05, 0.1) is 17.7 Å². The van der Waals surface area contributed by atoms with Crippen LogP contribution < -0.4 is 14.4 Å². The van der Waals surface area contributed by atoms with Crippen molar-refractivity contribution in [3.05, 3.63) is 126 Å². The van der Waals surface area contributed by atoms with Crippen LogP contribution in [-0.4, -0.2) is 50.9 Å². The maximum atomic E-state index is 14.5. The molecule has 0 saturated heterocycles. The van der Waals surface area contributed by atoms with E-state index < -0.39 is 28.5 Å². The summed E-state index contributed by atoms with van der Waals surface area (Å²) in [6.45, 7) is -0.383. The lowest BCUT2D eigenvalue weighted by molar-refractivity contribution is -0.140. The second kappa shape index (κ2) is 14.9. The van der Waals surface area contributed by atoms with Crippen molar-refractivity contribution in [2.24, 2.45) is 0 Å². The van der Waals surface area contributed by atoms with Crippen molar-refractivity contribution in [1.29, 1.82) is 0 Å². The number of hydrogen-bond acceptors (Lipinski definition) is 5. The molecular weight excluding hydrogens is 586 g/mol. The van der Waals surface area contributed by atoms with Gasteiger partial charge in [0.2, 0.25) is 11.8 Å². The normalized spacial score (nSPS) is 14.0. The lowest BCUT2D eigenvalue weighted by Crippen LogP contribution is -2.54. The van der Waals surface area contributed by atoms with Crippen molar-refractivity contribution in [2.75, 3.05) is 18.0 Å². The predicted molar refractivity (Wildman–Crippen MR) is 175 cm³/mol. The van der Waals surface area contributed by atoms with Gasteiger partial charge >= 0.3 is 0 Å². The Morgan fingerprint density at radius 1 is 0.822 bits per heavy atom. The highest BCUT2D eigenvalue weighted by Gasteiger charge is 2.35. The molecule has 0 bridgehead atoms. The van der Waals surface area contributed by atoms with Gasteiger partial charge in [0.15, 0.2) is 0 Å². The summed E-state index contributed by atoms with van der Waals surface area (Å²) in [6, 6.07) is 32.8. The highest BCUT2D eigenvalue weighted by atomic mass is 32.2. The molecule has 0 unspecified atom stereocenters. The molecule has 234 valence electrons. The number of carbonyl (C=O) groups excluding carboxylic acids is 2. The van der Waals surface area contributed by atoms with Gasteiger partial charge in [-0.05, 0) is 48.2 Å². The summed E-state index contributed by atoms with van der Waals surface area (Å²) in [5.74, 6) is -0.287. The van der Waals surface area contributed by atoms with Gasteiger partial charge in [-0.25, -0.2) is 8.42 Å². The van der Waals surface area contributed by atoms with Gasteiger partial charge in [-0.3, -0.25) is 13.9 Å². The fourth-order valence-electron chi connectivity index (χ4n) is 5.72. The van der Waals surface area contributed by atoms with Crippen LogP contribution in [0, 0.1) is 0 Å². The largest absolute Gasteiger partial charge is 0.497 e. The molecule has 0 aliphatic heterocycles. The fourth-order valence-corrected chi connectivity index (χ4v) is 7.14. The van der Waals surface area contributed by atoms with E-state index in [4.69, 9.17) is 4.74 Å². The highest BCUT2D eigenvalue weighted by Crippen LogP contribution is 2.28. The van der Waals surface area contributed by atoms with Crippen LogP contribution in [0.3, 0.4) is 0 Å². The van der Waals surface area contributed by atoms with Gasteiger partial charge in [0.1, 0.15) is 18.3 Å². The second-order valence-corrected chi connectivity index (χ2v) is 13.1. The smallest absolute Gasteiger partial charge is 0.264 e. The zero-order chi connectivity index (χ0) is 31.6. The summed E-state index contributed by atoms with van der Waals surface area (Å²) < 4.78 is 34.7. The van der Waals surface area contributed by atoms with Crippen molar-refractivity contribution >= 4 is 27.5 Å². The average Bonchev–Trinajstić information content (AvgIpc) is 3.59. The Hall–Kier alpha value is -4.63. The lowest BCUT2D eigenvalue weighted by atomic mass is 10.0. The predicted octanol–water partition coefficient (Wildman–Crippen LogP) is 5.59. The Kier molecular flexibility index (Phi) is 10.5. The third-order valence-electron chi connectivity index (χ3n) is 8.12. The first-order valence-corrected chi connectivity index (χ1v) is 16.7. The summed E-state index contributed by atoms with van der Waals surface area (Å²) >= 11 is 0. The van der Waals surface area contributed by atoms with Gasteiger partial charge in [0.25, 0.3) is 10.0 Å². The first kappa shape index (κ1) is 31.8. The van der Waals surface area contributed by atoms with E-state index in [1.165, 1.54) is 24.1 Å². The van der Waals surface area contributed by atoms with Gasteiger partial charge in [-0.1, -0.05) is 97.8 Å². The van der Waals surface area contributed by atoms with Crippen LogP contribution in [-0.2, 0) is 32.6 Å². The van der Waals surface area contributed by atoms with E-state index in [0.717, 1.165) is 41.1 Å². The fraction of sp³-hybridized carbons (Fsp3) is 0.278. The standard InChI is InChI=1S/C36H39N3O5S/c1-44-32-21-13-20-31(25-32)39(45(42,43)33-22-9-4-10-23-33)27-35(40)38(26-29-16-7-3-8-17-29)34(24-28-14-5-2-6-15-28)36(41)37-30-18-11-12-19-30/h2-10,13-17,20-23,25,30,34H,11-12,18-19,24,26-27H2,1H3,(H,37,41)/t34-/m1/s1. The first-order chi connectivity index (χ1) is 21.8. The van der Waals surface area contributed by atoms with Gasteiger partial charge in [-0.2, -0.15) is 0 Å². The Balaban J connectivity index is 1.56. The van der Waals surface area contributed by atoms with Gasteiger partial charge in [0, 0.05) is 25.1 Å². The van der Waals surface area contributed by atoms with Gasteiger partial charge < -0.3 is 15.0 Å². The monoisotopic (exact) mass is 625 g/mol. The maximum absolute atomic E-state index is 14.5.